The molecule has 2 aromatic heterocycles. The number of rotatable bonds is 7. The van der Waals surface area contributed by atoms with E-state index in [1.807, 2.05) is 13.8 Å². The van der Waals surface area contributed by atoms with Crippen molar-refractivity contribution in [3.05, 3.63) is 22.5 Å². The molecule has 2 aromatic rings. The maximum atomic E-state index is 12.4. The van der Waals surface area contributed by atoms with Crippen LogP contribution in [0.1, 0.15) is 52.9 Å². The molecule has 0 aliphatic heterocycles. The van der Waals surface area contributed by atoms with E-state index >= 15 is 0 Å². The highest BCUT2D eigenvalue weighted by atomic mass is 32.2. The first-order valence-electron chi connectivity index (χ1n) is 7.15. The molecule has 0 aliphatic carbocycles. The van der Waals surface area contributed by atoms with E-state index in [0.717, 1.165) is 5.69 Å². The lowest BCUT2D eigenvalue weighted by Gasteiger charge is -2.02. The van der Waals surface area contributed by atoms with Crippen molar-refractivity contribution in [3.63, 3.8) is 0 Å². The van der Waals surface area contributed by atoms with Gasteiger partial charge in [-0.15, -0.1) is 5.10 Å². The topological polar surface area (TPSA) is 84.9 Å². The number of hydrogen-bond acceptors (Lipinski definition) is 7. The third-order valence-corrected chi connectivity index (χ3v) is 5.07. The fraction of sp³-hybridized carbons (Fsp3) is 0.467. The number of aromatic amines is 1. The third kappa shape index (κ3) is 4.20. The second-order valence-corrected chi connectivity index (χ2v) is 7.56. The maximum absolute atomic E-state index is 12.4. The molecule has 1 N–H and O–H groups in total. The minimum Gasteiger partial charge on any atom is -0.466 e. The zero-order valence-electron chi connectivity index (χ0n) is 13.7. The smallest absolute Gasteiger partial charge is 0.295 e. The second-order valence-electron chi connectivity index (χ2n) is 5.39. The minimum atomic E-state index is -0.0652. The lowest BCUT2D eigenvalue weighted by Crippen LogP contribution is -2.05. The number of thioether (sulfide) groups is 1. The van der Waals surface area contributed by atoms with Crippen LogP contribution in [0.15, 0.2) is 4.34 Å². The molecule has 0 saturated carbocycles. The minimum absolute atomic E-state index is 0.0389. The van der Waals surface area contributed by atoms with Gasteiger partial charge < -0.3 is 9.72 Å². The van der Waals surface area contributed by atoms with Crippen LogP contribution in [-0.2, 0) is 0 Å². The molecule has 124 valence electrons. The van der Waals surface area contributed by atoms with Gasteiger partial charge in [-0.3, -0.25) is 9.59 Å². The molecule has 0 spiro atoms. The molecule has 0 amide bonds. The van der Waals surface area contributed by atoms with Crippen LogP contribution in [0.4, 0.5) is 0 Å². The largest absolute Gasteiger partial charge is 0.466 e. The third-order valence-electron chi connectivity index (χ3n) is 3.12. The molecule has 2 rings (SSSR count). The SMILES string of the molecule is CC(=O)c1c(C)[nH]c(C(=O)CSc2nnc(OC(C)C)s2)c1C. The Balaban J connectivity index is 2.04. The van der Waals surface area contributed by atoms with E-state index < -0.39 is 0 Å². The summed E-state index contributed by atoms with van der Waals surface area (Å²) in [4.78, 5) is 27.0. The molecule has 0 saturated heterocycles. The van der Waals surface area contributed by atoms with Crippen LogP contribution in [0.5, 0.6) is 5.19 Å². The van der Waals surface area contributed by atoms with Crippen LogP contribution in [0.3, 0.4) is 0 Å². The Kier molecular flexibility index (Phi) is 5.59. The van der Waals surface area contributed by atoms with E-state index in [9.17, 15) is 9.59 Å². The highest BCUT2D eigenvalue weighted by Crippen LogP contribution is 2.28. The molecule has 0 bridgehead atoms. The average Bonchev–Trinajstić information content (AvgIpc) is 2.99. The standard InChI is InChI=1S/C15H19N3O3S2/c1-7(2)21-14-17-18-15(23-14)22-6-11(20)13-8(3)12(10(5)19)9(4)16-13/h7,16H,6H2,1-5H3. The zero-order chi connectivity index (χ0) is 17.1. The first-order chi connectivity index (χ1) is 10.8. The Morgan fingerprint density at radius 1 is 1.30 bits per heavy atom. The van der Waals surface area contributed by atoms with Crippen molar-refractivity contribution in [2.75, 3.05) is 5.75 Å². The number of carbonyl (C=O) groups excluding carboxylic acids is 2. The van der Waals surface area contributed by atoms with E-state index in [0.29, 0.717) is 26.4 Å². The fourth-order valence-corrected chi connectivity index (χ4v) is 3.94. The van der Waals surface area contributed by atoms with Gasteiger partial charge in [-0.05, 0) is 51.5 Å². The summed E-state index contributed by atoms with van der Waals surface area (Å²) in [5.41, 5.74) is 2.53. The number of hydrogen-bond donors (Lipinski definition) is 1. The summed E-state index contributed by atoms with van der Waals surface area (Å²) in [6.45, 7) is 8.93. The van der Waals surface area contributed by atoms with E-state index in [1.54, 1.807) is 13.8 Å². The van der Waals surface area contributed by atoms with Crippen LogP contribution in [-0.4, -0.2) is 38.6 Å². The fourth-order valence-electron chi connectivity index (χ4n) is 2.26. The van der Waals surface area contributed by atoms with Crippen molar-refractivity contribution in [2.45, 2.75) is 45.1 Å². The number of nitrogens with one attached hydrogen (secondary N) is 1. The van der Waals surface area contributed by atoms with E-state index in [1.165, 1.54) is 30.0 Å². The Labute approximate surface area is 143 Å². The van der Waals surface area contributed by atoms with Gasteiger partial charge in [0.2, 0.25) is 0 Å². The first-order valence-corrected chi connectivity index (χ1v) is 8.96. The molecule has 0 radical (unpaired) electrons. The van der Waals surface area contributed by atoms with Crippen molar-refractivity contribution >= 4 is 34.7 Å². The highest BCUT2D eigenvalue weighted by molar-refractivity contribution is 8.01. The van der Waals surface area contributed by atoms with E-state index in [4.69, 9.17) is 4.74 Å². The average molecular weight is 353 g/mol. The van der Waals surface area contributed by atoms with Gasteiger partial charge in [-0.25, -0.2) is 0 Å². The van der Waals surface area contributed by atoms with Crippen molar-refractivity contribution in [3.8, 4) is 5.19 Å². The van der Waals surface area contributed by atoms with E-state index in [2.05, 4.69) is 15.2 Å². The summed E-state index contributed by atoms with van der Waals surface area (Å²) in [6.07, 6.45) is 0.0389. The summed E-state index contributed by atoms with van der Waals surface area (Å²) >= 11 is 2.63. The Morgan fingerprint density at radius 3 is 2.57 bits per heavy atom. The number of aromatic nitrogens is 3. The predicted molar refractivity (Wildman–Crippen MR) is 91.0 cm³/mol. The molecule has 6 nitrogen and oxygen atoms in total. The molecule has 0 fully saturated rings. The van der Waals surface area contributed by atoms with Crippen molar-refractivity contribution < 1.29 is 14.3 Å². The van der Waals surface area contributed by atoms with Crippen molar-refractivity contribution in [1.29, 1.82) is 0 Å². The number of H-pyrrole nitrogens is 1. The molecule has 23 heavy (non-hydrogen) atoms. The molecule has 2 heterocycles. The summed E-state index contributed by atoms with van der Waals surface area (Å²) < 4.78 is 6.14. The van der Waals surface area contributed by atoms with E-state index in [-0.39, 0.29) is 23.4 Å². The number of ketones is 2. The number of nitrogens with zero attached hydrogens (tertiary/aromatic N) is 2. The summed E-state index contributed by atoms with van der Waals surface area (Å²) in [5, 5.41) is 8.43. The zero-order valence-corrected chi connectivity index (χ0v) is 15.4. The Hall–Kier alpha value is -1.67. The predicted octanol–water partition coefficient (Wildman–Crippen LogP) is 3.45. The maximum Gasteiger partial charge on any atom is 0.295 e. The number of Topliss-reactive ketones (excluding diaryl/α,β-unsaturated/α-hetero) is 2. The monoisotopic (exact) mass is 353 g/mol. The molecule has 0 aliphatic rings. The van der Waals surface area contributed by atoms with Crippen LogP contribution < -0.4 is 4.74 Å². The van der Waals surface area contributed by atoms with Gasteiger partial charge in [0.25, 0.3) is 5.19 Å². The summed E-state index contributed by atoms with van der Waals surface area (Å²) in [5.74, 6) is 0.126. The van der Waals surface area contributed by atoms with Crippen LogP contribution in [0, 0.1) is 13.8 Å². The Bertz CT molecular complexity index is 734. The molecule has 0 unspecified atom stereocenters. The quantitative estimate of drug-likeness (QED) is 0.606. The molecule has 0 aromatic carbocycles. The van der Waals surface area contributed by atoms with Gasteiger partial charge in [-0.1, -0.05) is 16.9 Å². The van der Waals surface area contributed by atoms with Gasteiger partial charge >= 0.3 is 0 Å². The van der Waals surface area contributed by atoms with Gasteiger partial charge in [0.1, 0.15) is 0 Å². The lowest BCUT2D eigenvalue weighted by molar-refractivity contribution is 0.101. The highest BCUT2D eigenvalue weighted by Gasteiger charge is 2.20. The Morgan fingerprint density at radius 2 is 2.00 bits per heavy atom. The van der Waals surface area contributed by atoms with Crippen molar-refractivity contribution in [1.82, 2.24) is 15.2 Å². The first kappa shape index (κ1) is 17.7. The number of ether oxygens (including phenoxy) is 1. The van der Waals surface area contributed by atoms with Crippen LogP contribution in [0.2, 0.25) is 0 Å². The molecular weight excluding hydrogens is 334 g/mol. The van der Waals surface area contributed by atoms with Crippen LogP contribution in [0.25, 0.3) is 0 Å². The van der Waals surface area contributed by atoms with Gasteiger partial charge in [0, 0.05) is 11.3 Å². The molecular formula is C15H19N3O3S2. The molecule has 8 heteroatoms. The van der Waals surface area contributed by atoms with Gasteiger partial charge in [-0.2, -0.15) is 0 Å². The number of aryl methyl sites for hydroxylation is 1. The summed E-state index contributed by atoms with van der Waals surface area (Å²) in [6, 6.07) is 0. The van der Waals surface area contributed by atoms with Gasteiger partial charge in [0.15, 0.2) is 15.9 Å². The van der Waals surface area contributed by atoms with Crippen molar-refractivity contribution in [2.24, 2.45) is 0 Å². The number of carbonyl (C=O) groups is 2. The van der Waals surface area contributed by atoms with Crippen LogP contribution >= 0.6 is 23.1 Å². The van der Waals surface area contributed by atoms with Gasteiger partial charge in [0.05, 0.1) is 17.6 Å². The normalized spacial score (nSPS) is 11.0. The molecule has 0 atom stereocenters. The summed E-state index contributed by atoms with van der Waals surface area (Å²) in [7, 11) is 0. The lowest BCUT2D eigenvalue weighted by atomic mass is 10.1. The second kappa shape index (κ2) is 7.27.